The van der Waals surface area contributed by atoms with Crippen molar-refractivity contribution in [3.05, 3.63) is 54.2 Å². The number of thioether (sulfide) groups is 1. The summed E-state index contributed by atoms with van der Waals surface area (Å²) >= 11 is 1.70. The van der Waals surface area contributed by atoms with Crippen molar-refractivity contribution in [1.29, 1.82) is 0 Å². The Balaban J connectivity index is 1.60. The summed E-state index contributed by atoms with van der Waals surface area (Å²) in [6.45, 7) is 2.99. The second kappa shape index (κ2) is 8.90. The topological polar surface area (TPSA) is 45.2 Å². The van der Waals surface area contributed by atoms with Crippen LogP contribution in [0.15, 0.2) is 53.7 Å². The lowest BCUT2D eigenvalue weighted by molar-refractivity contribution is 0.194. The number of anilines is 1. The molecule has 2 aromatic rings. The van der Waals surface area contributed by atoms with Gasteiger partial charge >= 0.3 is 6.03 Å². The van der Waals surface area contributed by atoms with Crippen molar-refractivity contribution < 1.29 is 4.79 Å². The number of pyridine rings is 1. The lowest BCUT2D eigenvalue weighted by Gasteiger charge is -2.27. The molecule has 3 rings (SSSR count). The molecule has 132 valence electrons. The largest absolute Gasteiger partial charge is 0.322 e. The summed E-state index contributed by atoms with van der Waals surface area (Å²) in [4.78, 5) is 18.9. The van der Waals surface area contributed by atoms with Crippen LogP contribution in [0.5, 0.6) is 0 Å². The standard InChI is InChI=1S/C20H25N3OS/c1-16-8-3-2-6-13-23(16)20(24)22-18-10-7-9-17(14-18)15-25-19-11-4-5-12-21-19/h4-5,7,9-12,14,16H,2-3,6,8,13,15H2,1H3,(H,22,24)/t16-/m0/s1. The van der Waals surface area contributed by atoms with Crippen LogP contribution in [0.2, 0.25) is 0 Å². The van der Waals surface area contributed by atoms with Gasteiger partial charge in [0.15, 0.2) is 0 Å². The van der Waals surface area contributed by atoms with E-state index in [0.717, 1.165) is 35.9 Å². The number of aromatic nitrogens is 1. The number of benzene rings is 1. The first-order valence-electron chi connectivity index (χ1n) is 8.93. The molecule has 1 aliphatic heterocycles. The van der Waals surface area contributed by atoms with Gasteiger partial charge in [0.05, 0.1) is 5.03 Å². The van der Waals surface area contributed by atoms with Gasteiger partial charge in [-0.25, -0.2) is 9.78 Å². The molecule has 0 saturated carbocycles. The van der Waals surface area contributed by atoms with Gasteiger partial charge in [-0.05, 0) is 49.6 Å². The number of nitrogens with one attached hydrogen (secondary N) is 1. The summed E-state index contributed by atoms with van der Waals surface area (Å²) in [7, 11) is 0. The number of carbonyl (C=O) groups excluding carboxylic acids is 1. The fourth-order valence-electron chi connectivity index (χ4n) is 3.10. The number of hydrogen-bond donors (Lipinski definition) is 1. The minimum Gasteiger partial charge on any atom is -0.322 e. The molecule has 1 aliphatic rings. The van der Waals surface area contributed by atoms with E-state index >= 15 is 0 Å². The lowest BCUT2D eigenvalue weighted by Crippen LogP contribution is -2.41. The number of urea groups is 1. The number of rotatable bonds is 4. The van der Waals surface area contributed by atoms with Crippen molar-refractivity contribution in [3.8, 4) is 0 Å². The maximum atomic E-state index is 12.6. The Labute approximate surface area is 154 Å². The van der Waals surface area contributed by atoms with E-state index in [1.54, 1.807) is 18.0 Å². The van der Waals surface area contributed by atoms with Gasteiger partial charge < -0.3 is 10.2 Å². The third-order valence-electron chi connectivity index (χ3n) is 4.52. The molecule has 1 atom stereocenters. The van der Waals surface area contributed by atoms with Crippen LogP contribution in [-0.4, -0.2) is 28.5 Å². The van der Waals surface area contributed by atoms with Crippen LogP contribution in [0.3, 0.4) is 0 Å². The summed E-state index contributed by atoms with van der Waals surface area (Å²) in [5.74, 6) is 0.834. The van der Waals surface area contributed by atoms with Gasteiger partial charge in [-0.3, -0.25) is 0 Å². The van der Waals surface area contributed by atoms with Crippen molar-refractivity contribution in [2.24, 2.45) is 0 Å². The van der Waals surface area contributed by atoms with E-state index in [-0.39, 0.29) is 6.03 Å². The summed E-state index contributed by atoms with van der Waals surface area (Å²) in [5.41, 5.74) is 2.04. The molecule has 1 aromatic heterocycles. The summed E-state index contributed by atoms with van der Waals surface area (Å²) < 4.78 is 0. The predicted octanol–water partition coefficient (Wildman–Crippen LogP) is 5.17. The molecule has 0 aliphatic carbocycles. The second-order valence-corrected chi connectivity index (χ2v) is 7.47. The molecule has 4 nitrogen and oxygen atoms in total. The second-order valence-electron chi connectivity index (χ2n) is 6.48. The van der Waals surface area contributed by atoms with E-state index in [0.29, 0.717) is 6.04 Å². The van der Waals surface area contributed by atoms with Crippen LogP contribution in [0.1, 0.15) is 38.2 Å². The average Bonchev–Trinajstić information content (AvgIpc) is 2.85. The fourth-order valence-corrected chi connectivity index (χ4v) is 3.90. The minimum absolute atomic E-state index is 0.0175. The monoisotopic (exact) mass is 355 g/mol. The third kappa shape index (κ3) is 5.23. The van der Waals surface area contributed by atoms with E-state index in [9.17, 15) is 4.79 Å². The fraction of sp³-hybridized carbons (Fsp3) is 0.400. The van der Waals surface area contributed by atoms with Gasteiger partial charge in [-0.15, -0.1) is 11.8 Å². The Hall–Kier alpha value is -2.01. The number of hydrogen-bond acceptors (Lipinski definition) is 3. The van der Waals surface area contributed by atoms with Gasteiger partial charge in [0.25, 0.3) is 0 Å². The first-order valence-corrected chi connectivity index (χ1v) is 9.91. The molecule has 1 fully saturated rings. The van der Waals surface area contributed by atoms with E-state index in [1.807, 2.05) is 35.2 Å². The Kier molecular flexibility index (Phi) is 6.34. The van der Waals surface area contributed by atoms with Crippen molar-refractivity contribution in [2.75, 3.05) is 11.9 Å². The first kappa shape index (κ1) is 17.8. The summed E-state index contributed by atoms with van der Waals surface area (Å²) in [6, 6.07) is 14.3. The average molecular weight is 356 g/mol. The molecule has 25 heavy (non-hydrogen) atoms. The maximum Gasteiger partial charge on any atom is 0.322 e. The van der Waals surface area contributed by atoms with Crippen molar-refractivity contribution in [2.45, 2.75) is 49.4 Å². The summed E-state index contributed by atoms with van der Waals surface area (Å²) in [5, 5.41) is 4.08. The van der Waals surface area contributed by atoms with Crippen LogP contribution in [-0.2, 0) is 5.75 Å². The molecular formula is C20H25N3OS. The molecular weight excluding hydrogens is 330 g/mol. The molecule has 5 heteroatoms. The zero-order chi connectivity index (χ0) is 17.5. The lowest BCUT2D eigenvalue weighted by atomic mass is 10.1. The molecule has 0 bridgehead atoms. The zero-order valence-corrected chi connectivity index (χ0v) is 15.5. The maximum absolute atomic E-state index is 12.6. The van der Waals surface area contributed by atoms with E-state index in [1.165, 1.54) is 18.4 Å². The van der Waals surface area contributed by atoms with Crippen LogP contribution in [0.25, 0.3) is 0 Å². The molecule has 1 saturated heterocycles. The van der Waals surface area contributed by atoms with E-state index in [4.69, 9.17) is 0 Å². The Morgan fingerprint density at radius 1 is 1.24 bits per heavy atom. The van der Waals surface area contributed by atoms with Crippen LogP contribution < -0.4 is 5.32 Å². The highest BCUT2D eigenvalue weighted by Gasteiger charge is 2.21. The highest BCUT2D eigenvalue weighted by Crippen LogP contribution is 2.23. The van der Waals surface area contributed by atoms with Gasteiger partial charge in [0, 0.05) is 30.2 Å². The van der Waals surface area contributed by atoms with Gasteiger partial charge in [-0.2, -0.15) is 0 Å². The molecule has 0 radical (unpaired) electrons. The van der Waals surface area contributed by atoms with Crippen LogP contribution in [0.4, 0.5) is 10.5 Å². The van der Waals surface area contributed by atoms with Gasteiger partial charge in [-0.1, -0.05) is 31.0 Å². The summed E-state index contributed by atoms with van der Waals surface area (Å²) in [6.07, 6.45) is 6.42. The molecule has 0 unspecified atom stereocenters. The van der Waals surface area contributed by atoms with Gasteiger partial charge in [0.2, 0.25) is 0 Å². The third-order valence-corrected chi connectivity index (χ3v) is 5.53. The van der Waals surface area contributed by atoms with Crippen LogP contribution in [0, 0.1) is 0 Å². The quantitative estimate of drug-likeness (QED) is 0.770. The van der Waals surface area contributed by atoms with Crippen molar-refractivity contribution in [3.63, 3.8) is 0 Å². The molecule has 1 aromatic carbocycles. The number of nitrogens with zero attached hydrogens (tertiary/aromatic N) is 2. The molecule has 2 amide bonds. The number of amides is 2. The number of carbonyl (C=O) groups is 1. The highest BCUT2D eigenvalue weighted by molar-refractivity contribution is 7.98. The zero-order valence-electron chi connectivity index (χ0n) is 14.6. The molecule has 1 N–H and O–H groups in total. The highest BCUT2D eigenvalue weighted by atomic mass is 32.2. The van der Waals surface area contributed by atoms with E-state index in [2.05, 4.69) is 29.4 Å². The number of likely N-dealkylation sites (tertiary alicyclic amines) is 1. The van der Waals surface area contributed by atoms with Crippen LogP contribution >= 0.6 is 11.8 Å². The normalized spacial score (nSPS) is 17.8. The molecule has 2 heterocycles. The Bertz CT molecular complexity index is 692. The van der Waals surface area contributed by atoms with Crippen molar-refractivity contribution in [1.82, 2.24) is 9.88 Å². The Morgan fingerprint density at radius 3 is 3.00 bits per heavy atom. The Morgan fingerprint density at radius 2 is 2.16 bits per heavy atom. The van der Waals surface area contributed by atoms with Crippen molar-refractivity contribution >= 4 is 23.5 Å². The first-order chi connectivity index (χ1) is 12.2. The SMILES string of the molecule is C[C@H]1CCCCCN1C(=O)Nc1cccc(CSc2ccccn2)c1. The smallest absolute Gasteiger partial charge is 0.322 e. The predicted molar refractivity (Wildman–Crippen MR) is 104 cm³/mol. The molecule has 0 spiro atoms. The van der Waals surface area contributed by atoms with E-state index < -0.39 is 0 Å². The van der Waals surface area contributed by atoms with Gasteiger partial charge in [0.1, 0.15) is 0 Å². The minimum atomic E-state index is 0.0175.